The molecule has 0 aliphatic carbocycles. The maximum Gasteiger partial charge on any atom is 0.320 e. The van der Waals surface area contributed by atoms with Gasteiger partial charge in [0.05, 0.1) is 0 Å². The van der Waals surface area contributed by atoms with Crippen LogP contribution in [0.5, 0.6) is 0 Å². The lowest BCUT2D eigenvalue weighted by Crippen LogP contribution is -2.32. The van der Waals surface area contributed by atoms with Crippen molar-refractivity contribution in [1.82, 2.24) is 0 Å². The minimum atomic E-state index is -0.959. The molecule has 6 nitrogen and oxygen atoms in total. The normalized spacial score (nSPS) is 12.7. The molecule has 0 radical (unpaired) electrons. The van der Waals surface area contributed by atoms with Crippen molar-refractivity contribution in [3.8, 4) is 0 Å². The largest absolute Gasteiger partial charge is 0.480 e. The SMILES string of the molecule is CSCC[C@H](N)C(=O)O.N[C@@H](Cc1ccccc1)C(=O)O. The molecule has 0 aromatic heterocycles. The molecule has 0 aliphatic rings. The van der Waals surface area contributed by atoms with Crippen LogP contribution in [0.4, 0.5) is 0 Å². The first-order valence-corrected chi connectivity index (χ1v) is 7.77. The molecule has 0 saturated carbocycles. The fourth-order valence-electron chi connectivity index (χ4n) is 1.32. The van der Waals surface area contributed by atoms with Crippen LogP contribution in [0.1, 0.15) is 12.0 Å². The second kappa shape index (κ2) is 11.1. The Labute approximate surface area is 128 Å². The Morgan fingerprint density at radius 1 is 1.10 bits per heavy atom. The maximum atomic E-state index is 10.4. The number of carboxylic acid groups (broad SMARTS) is 2. The fourth-order valence-corrected chi connectivity index (χ4v) is 1.81. The summed E-state index contributed by atoms with van der Waals surface area (Å²) in [7, 11) is 0. The van der Waals surface area contributed by atoms with Gasteiger partial charge in [-0.05, 0) is 30.4 Å². The fraction of sp³-hybridized carbons (Fsp3) is 0.429. The van der Waals surface area contributed by atoms with Crippen molar-refractivity contribution in [2.45, 2.75) is 24.9 Å². The second-order valence-electron chi connectivity index (χ2n) is 4.36. The molecule has 0 spiro atoms. The van der Waals surface area contributed by atoms with Crippen LogP contribution in [-0.4, -0.2) is 46.2 Å². The number of nitrogens with two attached hydrogens (primary N) is 2. The van der Waals surface area contributed by atoms with E-state index in [-0.39, 0.29) is 0 Å². The van der Waals surface area contributed by atoms with Crippen LogP contribution in [-0.2, 0) is 16.0 Å². The summed E-state index contributed by atoms with van der Waals surface area (Å²) in [5.41, 5.74) is 11.5. The summed E-state index contributed by atoms with van der Waals surface area (Å²) in [6.45, 7) is 0. The molecule has 118 valence electrons. The minimum absolute atomic E-state index is 0.385. The first kappa shape index (κ1) is 19.4. The van der Waals surface area contributed by atoms with Gasteiger partial charge in [0.15, 0.2) is 0 Å². The van der Waals surface area contributed by atoms with Crippen molar-refractivity contribution < 1.29 is 19.8 Å². The highest BCUT2D eigenvalue weighted by molar-refractivity contribution is 7.98. The second-order valence-corrected chi connectivity index (χ2v) is 5.35. The predicted octanol–water partition coefficient (Wildman–Crippen LogP) is 0.792. The van der Waals surface area contributed by atoms with Gasteiger partial charge in [-0.1, -0.05) is 30.3 Å². The van der Waals surface area contributed by atoms with E-state index in [9.17, 15) is 9.59 Å². The molecular weight excluding hydrogens is 292 g/mol. The molecule has 6 N–H and O–H groups in total. The van der Waals surface area contributed by atoms with Gasteiger partial charge < -0.3 is 21.7 Å². The van der Waals surface area contributed by atoms with Gasteiger partial charge in [-0.15, -0.1) is 0 Å². The highest BCUT2D eigenvalue weighted by Gasteiger charge is 2.11. The van der Waals surface area contributed by atoms with Crippen LogP contribution in [0.2, 0.25) is 0 Å². The summed E-state index contributed by atoms with van der Waals surface area (Å²) >= 11 is 1.60. The summed E-state index contributed by atoms with van der Waals surface area (Å²) in [6.07, 6.45) is 2.86. The van der Waals surface area contributed by atoms with Crippen LogP contribution in [0.15, 0.2) is 30.3 Å². The summed E-state index contributed by atoms with van der Waals surface area (Å²) < 4.78 is 0. The number of hydrogen-bond acceptors (Lipinski definition) is 5. The number of thioether (sulfide) groups is 1. The van der Waals surface area contributed by atoms with E-state index >= 15 is 0 Å². The highest BCUT2D eigenvalue weighted by atomic mass is 32.2. The number of rotatable bonds is 7. The topological polar surface area (TPSA) is 127 Å². The molecule has 7 heteroatoms. The number of aliphatic carboxylic acids is 2. The van der Waals surface area contributed by atoms with Gasteiger partial charge >= 0.3 is 11.9 Å². The molecule has 0 heterocycles. The van der Waals surface area contributed by atoms with Gasteiger partial charge in [0, 0.05) is 0 Å². The van der Waals surface area contributed by atoms with Gasteiger partial charge in [-0.25, -0.2) is 0 Å². The predicted molar refractivity (Wildman–Crippen MR) is 84.4 cm³/mol. The Morgan fingerprint density at radius 3 is 2.05 bits per heavy atom. The lowest BCUT2D eigenvalue weighted by Gasteiger charge is -2.04. The van der Waals surface area contributed by atoms with E-state index in [1.54, 1.807) is 11.8 Å². The van der Waals surface area contributed by atoms with Crippen LogP contribution >= 0.6 is 11.8 Å². The van der Waals surface area contributed by atoms with Crippen molar-refractivity contribution >= 4 is 23.7 Å². The Kier molecular flexibility index (Phi) is 10.3. The van der Waals surface area contributed by atoms with Crippen molar-refractivity contribution in [2.75, 3.05) is 12.0 Å². The zero-order chi connectivity index (χ0) is 16.3. The Hall–Kier alpha value is -1.57. The minimum Gasteiger partial charge on any atom is -0.480 e. The summed E-state index contributed by atoms with van der Waals surface area (Å²) in [5, 5.41) is 16.8. The van der Waals surface area contributed by atoms with E-state index in [4.69, 9.17) is 21.7 Å². The van der Waals surface area contributed by atoms with Crippen molar-refractivity contribution in [2.24, 2.45) is 11.5 Å². The Bertz CT molecular complexity index is 428. The Morgan fingerprint density at radius 2 is 1.62 bits per heavy atom. The third kappa shape index (κ3) is 9.89. The first-order valence-electron chi connectivity index (χ1n) is 6.38. The molecule has 21 heavy (non-hydrogen) atoms. The zero-order valence-corrected chi connectivity index (χ0v) is 12.8. The van der Waals surface area contributed by atoms with Crippen molar-refractivity contribution in [3.63, 3.8) is 0 Å². The van der Waals surface area contributed by atoms with Crippen molar-refractivity contribution in [3.05, 3.63) is 35.9 Å². The number of carboxylic acids is 2. The molecule has 0 amide bonds. The van der Waals surface area contributed by atoms with E-state index in [0.29, 0.717) is 12.8 Å². The van der Waals surface area contributed by atoms with E-state index in [1.807, 2.05) is 36.6 Å². The number of carbonyl (C=O) groups is 2. The van der Waals surface area contributed by atoms with Crippen LogP contribution in [0.25, 0.3) is 0 Å². The van der Waals surface area contributed by atoms with Crippen molar-refractivity contribution in [1.29, 1.82) is 0 Å². The van der Waals surface area contributed by atoms with Gasteiger partial charge in [-0.3, -0.25) is 9.59 Å². The molecule has 0 unspecified atom stereocenters. The van der Waals surface area contributed by atoms with Gasteiger partial charge in [-0.2, -0.15) is 11.8 Å². The molecule has 2 atom stereocenters. The molecule has 0 fully saturated rings. The van der Waals surface area contributed by atoms with Crippen LogP contribution < -0.4 is 11.5 Å². The molecule has 0 aliphatic heterocycles. The van der Waals surface area contributed by atoms with E-state index in [1.165, 1.54) is 0 Å². The summed E-state index contributed by atoms with van der Waals surface area (Å²) in [4.78, 5) is 20.4. The van der Waals surface area contributed by atoms with Crippen LogP contribution in [0, 0.1) is 0 Å². The average molecular weight is 314 g/mol. The number of hydrogen-bond donors (Lipinski definition) is 4. The summed E-state index contributed by atoms with van der Waals surface area (Å²) in [6, 6.07) is 7.86. The van der Waals surface area contributed by atoms with Crippen LogP contribution in [0.3, 0.4) is 0 Å². The molecule has 0 bridgehead atoms. The third-order valence-corrected chi connectivity index (χ3v) is 3.21. The maximum absolute atomic E-state index is 10.4. The first-order chi connectivity index (χ1) is 9.88. The molecule has 1 aromatic carbocycles. The third-order valence-electron chi connectivity index (χ3n) is 2.57. The average Bonchev–Trinajstić information content (AvgIpc) is 2.46. The molecule has 1 aromatic rings. The molecule has 1 rings (SSSR count). The Balaban J connectivity index is 0.000000400. The van der Waals surface area contributed by atoms with E-state index in [0.717, 1.165) is 11.3 Å². The summed E-state index contributed by atoms with van der Waals surface area (Å²) in [5.74, 6) is -1.06. The smallest absolute Gasteiger partial charge is 0.320 e. The highest BCUT2D eigenvalue weighted by Crippen LogP contribution is 2.01. The van der Waals surface area contributed by atoms with Gasteiger partial charge in [0.25, 0.3) is 0 Å². The standard InChI is InChI=1S/C9H11NO2.C5H11NO2S/c10-8(9(11)12)6-7-4-2-1-3-5-7;1-9-3-2-4(6)5(7)8/h1-5,8H,6,10H2,(H,11,12);4H,2-3,6H2,1H3,(H,7,8)/t8-;4-/m00/s1. The molecule has 0 saturated heterocycles. The quantitative estimate of drug-likeness (QED) is 0.586. The van der Waals surface area contributed by atoms with Gasteiger partial charge in [0.2, 0.25) is 0 Å². The van der Waals surface area contributed by atoms with E-state index in [2.05, 4.69) is 0 Å². The monoisotopic (exact) mass is 314 g/mol. The lowest BCUT2D eigenvalue weighted by atomic mass is 10.1. The molecular formula is C14H22N2O4S. The number of benzene rings is 1. The lowest BCUT2D eigenvalue weighted by molar-refractivity contribution is -0.139. The zero-order valence-electron chi connectivity index (χ0n) is 11.9. The van der Waals surface area contributed by atoms with E-state index < -0.39 is 24.0 Å². The van der Waals surface area contributed by atoms with Gasteiger partial charge in [0.1, 0.15) is 12.1 Å².